The van der Waals surface area contributed by atoms with Gasteiger partial charge in [-0.2, -0.15) is 18.3 Å². The summed E-state index contributed by atoms with van der Waals surface area (Å²) in [5, 5.41) is 3.99. The molecular weight excluding hydrogens is 255 g/mol. The summed E-state index contributed by atoms with van der Waals surface area (Å²) in [4.78, 5) is 4.10. The van der Waals surface area contributed by atoms with Crippen molar-refractivity contribution in [3.8, 4) is 11.1 Å². The van der Waals surface area contributed by atoms with Crippen molar-refractivity contribution in [3.05, 3.63) is 54.5 Å². The highest BCUT2D eigenvalue weighted by Crippen LogP contribution is 2.31. The first-order valence-electron chi connectivity index (χ1n) is 5.52. The fourth-order valence-corrected chi connectivity index (χ4v) is 1.91. The zero-order valence-electron chi connectivity index (χ0n) is 9.59. The Balaban J connectivity index is 2.10. The van der Waals surface area contributed by atoms with Crippen LogP contribution in [0.4, 0.5) is 13.2 Å². The van der Waals surface area contributed by atoms with Gasteiger partial charge in [0.1, 0.15) is 6.33 Å². The summed E-state index contributed by atoms with van der Waals surface area (Å²) in [6.07, 6.45) is -1.18. The predicted molar refractivity (Wildman–Crippen MR) is 63.4 cm³/mol. The van der Waals surface area contributed by atoms with Crippen LogP contribution < -0.4 is 0 Å². The molecule has 0 fully saturated rings. The summed E-state index contributed by atoms with van der Waals surface area (Å²) < 4.78 is 39.1. The number of nitrogens with zero attached hydrogens (tertiary/aromatic N) is 3. The summed E-state index contributed by atoms with van der Waals surface area (Å²) >= 11 is 0. The number of fused-ring (bicyclic) bond motifs is 1. The van der Waals surface area contributed by atoms with Gasteiger partial charge in [0.2, 0.25) is 0 Å². The van der Waals surface area contributed by atoms with Crippen LogP contribution in [0, 0.1) is 0 Å². The molecule has 0 N–H and O–H groups in total. The van der Waals surface area contributed by atoms with Gasteiger partial charge in [-0.25, -0.2) is 9.50 Å². The van der Waals surface area contributed by atoms with E-state index in [9.17, 15) is 13.2 Å². The number of pyridine rings is 1. The molecule has 0 atom stereocenters. The third-order valence-electron chi connectivity index (χ3n) is 2.83. The highest BCUT2D eigenvalue weighted by atomic mass is 19.4. The molecule has 3 aromatic rings. The SMILES string of the molecule is FC(F)(F)c1ccc(-c2cccn3ncnc23)cc1. The van der Waals surface area contributed by atoms with Crippen molar-refractivity contribution in [2.24, 2.45) is 0 Å². The van der Waals surface area contributed by atoms with E-state index in [2.05, 4.69) is 10.1 Å². The highest BCUT2D eigenvalue weighted by Gasteiger charge is 2.30. The predicted octanol–water partition coefficient (Wildman–Crippen LogP) is 3.42. The fourth-order valence-electron chi connectivity index (χ4n) is 1.91. The van der Waals surface area contributed by atoms with Gasteiger partial charge in [-0.1, -0.05) is 12.1 Å². The van der Waals surface area contributed by atoms with E-state index >= 15 is 0 Å². The summed E-state index contributed by atoms with van der Waals surface area (Å²) in [6, 6.07) is 8.57. The second kappa shape index (κ2) is 4.08. The number of benzene rings is 1. The zero-order chi connectivity index (χ0) is 13.5. The summed E-state index contributed by atoms with van der Waals surface area (Å²) in [7, 11) is 0. The average molecular weight is 263 g/mol. The summed E-state index contributed by atoms with van der Waals surface area (Å²) in [5.41, 5.74) is 1.37. The number of hydrogen-bond donors (Lipinski definition) is 0. The molecule has 0 aliphatic rings. The molecule has 0 aliphatic heterocycles. The topological polar surface area (TPSA) is 30.2 Å². The van der Waals surface area contributed by atoms with Crippen LogP contribution in [-0.2, 0) is 6.18 Å². The Morgan fingerprint density at radius 3 is 2.42 bits per heavy atom. The van der Waals surface area contributed by atoms with Crippen molar-refractivity contribution in [2.45, 2.75) is 6.18 Å². The zero-order valence-corrected chi connectivity index (χ0v) is 9.59. The number of halogens is 3. The molecule has 0 bridgehead atoms. The van der Waals surface area contributed by atoms with Gasteiger partial charge in [0.25, 0.3) is 0 Å². The Bertz CT molecular complexity index is 714. The van der Waals surface area contributed by atoms with Crippen LogP contribution in [0.5, 0.6) is 0 Å². The fraction of sp³-hybridized carbons (Fsp3) is 0.0769. The molecule has 2 aromatic heterocycles. The van der Waals surface area contributed by atoms with E-state index in [1.807, 2.05) is 0 Å². The first-order valence-corrected chi connectivity index (χ1v) is 5.52. The van der Waals surface area contributed by atoms with Crippen molar-refractivity contribution < 1.29 is 13.2 Å². The van der Waals surface area contributed by atoms with Gasteiger partial charge in [0.05, 0.1) is 5.56 Å². The molecule has 0 spiro atoms. The molecule has 0 unspecified atom stereocenters. The van der Waals surface area contributed by atoms with Gasteiger partial charge < -0.3 is 0 Å². The van der Waals surface area contributed by atoms with E-state index in [4.69, 9.17) is 0 Å². The lowest BCUT2D eigenvalue weighted by atomic mass is 10.0. The van der Waals surface area contributed by atoms with E-state index < -0.39 is 11.7 Å². The van der Waals surface area contributed by atoms with Crippen LogP contribution in [0.3, 0.4) is 0 Å². The van der Waals surface area contributed by atoms with Crippen LogP contribution >= 0.6 is 0 Å². The lowest BCUT2D eigenvalue weighted by Gasteiger charge is -2.08. The third kappa shape index (κ3) is 2.05. The standard InChI is InChI=1S/C13H8F3N3/c14-13(15,16)10-5-3-9(4-6-10)11-2-1-7-19-12(11)17-8-18-19/h1-8H. The minimum atomic E-state index is -4.32. The van der Waals surface area contributed by atoms with Crippen molar-refractivity contribution in [3.63, 3.8) is 0 Å². The molecular formula is C13H8F3N3. The van der Waals surface area contributed by atoms with E-state index in [1.54, 1.807) is 22.8 Å². The van der Waals surface area contributed by atoms with E-state index in [0.717, 1.165) is 17.7 Å². The van der Waals surface area contributed by atoms with Gasteiger partial charge in [-0.15, -0.1) is 0 Å². The largest absolute Gasteiger partial charge is 0.416 e. The van der Waals surface area contributed by atoms with Gasteiger partial charge in [0, 0.05) is 11.8 Å². The van der Waals surface area contributed by atoms with Crippen molar-refractivity contribution >= 4 is 5.65 Å². The maximum Gasteiger partial charge on any atom is 0.416 e. The number of rotatable bonds is 1. The monoisotopic (exact) mass is 263 g/mol. The van der Waals surface area contributed by atoms with E-state index in [1.165, 1.54) is 18.5 Å². The second-order valence-electron chi connectivity index (χ2n) is 4.03. The van der Waals surface area contributed by atoms with Gasteiger partial charge in [-0.3, -0.25) is 0 Å². The minimum absolute atomic E-state index is 0.613. The van der Waals surface area contributed by atoms with Gasteiger partial charge in [-0.05, 0) is 29.8 Å². The van der Waals surface area contributed by atoms with Gasteiger partial charge in [0.15, 0.2) is 5.65 Å². The molecule has 96 valence electrons. The maximum atomic E-state index is 12.5. The second-order valence-corrected chi connectivity index (χ2v) is 4.03. The molecule has 3 rings (SSSR count). The van der Waals surface area contributed by atoms with E-state index in [-0.39, 0.29) is 0 Å². The molecule has 3 nitrogen and oxygen atoms in total. The molecule has 2 heterocycles. The first-order chi connectivity index (χ1) is 9.05. The lowest BCUT2D eigenvalue weighted by molar-refractivity contribution is -0.137. The lowest BCUT2D eigenvalue weighted by Crippen LogP contribution is -2.04. The van der Waals surface area contributed by atoms with Crippen LogP contribution in [0.15, 0.2) is 48.9 Å². The normalized spacial score (nSPS) is 11.9. The first kappa shape index (κ1) is 11.7. The Hall–Kier alpha value is -2.37. The Labute approximate surface area is 106 Å². The Kier molecular flexibility index (Phi) is 2.51. The molecule has 19 heavy (non-hydrogen) atoms. The summed E-state index contributed by atoms with van der Waals surface area (Å²) in [6.45, 7) is 0. The average Bonchev–Trinajstić information content (AvgIpc) is 2.86. The molecule has 0 amide bonds. The molecule has 0 radical (unpaired) electrons. The number of hydrogen-bond acceptors (Lipinski definition) is 2. The smallest absolute Gasteiger partial charge is 0.221 e. The number of aromatic nitrogens is 3. The van der Waals surface area contributed by atoms with Crippen LogP contribution in [-0.4, -0.2) is 14.6 Å². The van der Waals surface area contributed by atoms with Crippen molar-refractivity contribution in [2.75, 3.05) is 0 Å². The van der Waals surface area contributed by atoms with Crippen LogP contribution in [0.2, 0.25) is 0 Å². The van der Waals surface area contributed by atoms with E-state index in [0.29, 0.717) is 11.2 Å². The molecule has 6 heteroatoms. The molecule has 0 saturated carbocycles. The third-order valence-corrected chi connectivity index (χ3v) is 2.83. The highest BCUT2D eigenvalue weighted by molar-refractivity contribution is 5.77. The van der Waals surface area contributed by atoms with Crippen LogP contribution in [0.25, 0.3) is 16.8 Å². The molecule has 0 saturated heterocycles. The minimum Gasteiger partial charge on any atom is -0.221 e. The maximum absolute atomic E-state index is 12.5. The molecule has 1 aromatic carbocycles. The number of alkyl halides is 3. The quantitative estimate of drug-likeness (QED) is 0.673. The summed E-state index contributed by atoms with van der Waals surface area (Å²) in [5.74, 6) is 0. The Morgan fingerprint density at radius 2 is 1.74 bits per heavy atom. The molecule has 0 aliphatic carbocycles. The van der Waals surface area contributed by atoms with Crippen LogP contribution in [0.1, 0.15) is 5.56 Å². The van der Waals surface area contributed by atoms with Crippen molar-refractivity contribution in [1.82, 2.24) is 14.6 Å². The Morgan fingerprint density at radius 1 is 1.00 bits per heavy atom. The van der Waals surface area contributed by atoms with Crippen molar-refractivity contribution in [1.29, 1.82) is 0 Å². The van der Waals surface area contributed by atoms with Gasteiger partial charge >= 0.3 is 6.18 Å².